The summed E-state index contributed by atoms with van der Waals surface area (Å²) in [7, 11) is 1.94. The van der Waals surface area contributed by atoms with E-state index in [1.807, 2.05) is 36.0 Å². The van der Waals surface area contributed by atoms with Crippen molar-refractivity contribution >= 4 is 45.4 Å². The molecule has 2 aromatic heterocycles. The molecule has 0 bridgehead atoms. The minimum atomic E-state index is -2.55. The van der Waals surface area contributed by atoms with Crippen LogP contribution in [0.15, 0.2) is 47.0 Å². The van der Waals surface area contributed by atoms with Gasteiger partial charge in [-0.05, 0) is 74.4 Å². The van der Waals surface area contributed by atoms with Crippen molar-refractivity contribution in [3.63, 3.8) is 0 Å². The van der Waals surface area contributed by atoms with Gasteiger partial charge in [0.1, 0.15) is 5.52 Å². The Morgan fingerprint density at radius 2 is 1.90 bits per heavy atom. The van der Waals surface area contributed by atoms with Crippen LogP contribution >= 0.6 is 11.6 Å². The molecule has 1 N–H and O–H groups in total. The molecule has 8 nitrogen and oxygen atoms in total. The Morgan fingerprint density at radius 1 is 1.15 bits per heavy atom. The fourth-order valence-corrected chi connectivity index (χ4v) is 6.17. The van der Waals surface area contributed by atoms with Crippen molar-refractivity contribution < 1.29 is 28.2 Å². The van der Waals surface area contributed by atoms with Gasteiger partial charge in [0.15, 0.2) is 5.58 Å². The molecule has 1 saturated carbocycles. The predicted octanol–water partition coefficient (Wildman–Crippen LogP) is 6.13. The lowest BCUT2D eigenvalue weighted by molar-refractivity contribution is -0.252. The summed E-state index contributed by atoms with van der Waals surface area (Å²) in [6.45, 7) is 0.874. The van der Waals surface area contributed by atoms with E-state index in [0.29, 0.717) is 66.3 Å². The highest BCUT2D eigenvalue weighted by Crippen LogP contribution is 2.36. The van der Waals surface area contributed by atoms with E-state index in [9.17, 15) is 14.7 Å². The van der Waals surface area contributed by atoms with Crippen molar-refractivity contribution in [2.45, 2.75) is 57.0 Å². The molecule has 6 rings (SSSR count). The van der Waals surface area contributed by atoms with Crippen LogP contribution in [-0.2, 0) is 27.8 Å². The van der Waals surface area contributed by atoms with E-state index in [2.05, 4.69) is 4.98 Å². The first kappa shape index (κ1) is 26.9. The number of carbonyl (C=O) groups is 2. The lowest BCUT2D eigenvalue weighted by Gasteiger charge is -2.37. The van der Waals surface area contributed by atoms with Gasteiger partial charge in [0.25, 0.3) is 0 Å². The summed E-state index contributed by atoms with van der Waals surface area (Å²) in [6, 6.07) is 10.9. The van der Waals surface area contributed by atoms with Crippen LogP contribution < -0.4 is 0 Å². The van der Waals surface area contributed by atoms with E-state index in [-0.39, 0.29) is 6.42 Å². The van der Waals surface area contributed by atoms with E-state index >= 15 is 4.39 Å². The number of carboxylic acids is 1. The van der Waals surface area contributed by atoms with Gasteiger partial charge in [-0.3, -0.25) is 9.59 Å². The summed E-state index contributed by atoms with van der Waals surface area (Å²) >= 11 is 6.24. The summed E-state index contributed by atoms with van der Waals surface area (Å²) in [5, 5.41) is 10.8. The van der Waals surface area contributed by atoms with E-state index in [0.717, 1.165) is 29.3 Å². The number of nitrogens with zero attached hydrogens (tertiary/aromatic N) is 3. The van der Waals surface area contributed by atoms with Gasteiger partial charge < -0.3 is 18.8 Å². The zero-order valence-electron chi connectivity index (χ0n) is 22.2. The first-order valence-electron chi connectivity index (χ1n) is 13.7. The van der Waals surface area contributed by atoms with Crippen LogP contribution in [0.25, 0.3) is 33.5 Å². The van der Waals surface area contributed by atoms with Crippen LogP contribution in [0.5, 0.6) is 0 Å². The number of ketones is 1. The molecule has 40 heavy (non-hydrogen) atoms. The number of hydrogen-bond donors (Lipinski definition) is 1. The zero-order chi connectivity index (χ0) is 28.0. The highest BCUT2D eigenvalue weighted by Gasteiger charge is 2.48. The monoisotopic (exact) mass is 567 g/mol. The maximum Gasteiger partial charge on any atom is 0.330 e. The number of halogens is 2. The molecule has 10 heteroatoms. The molecule has 3 heterocycles. The van der Waals surface area contributed by atoms with E-state index in [1.165, 1.54) is 4.90 Å². The second-order valence-electron chi connectivity index (χ2n) is 10.9. The Balaban J connectivity index is 1.24. The van der Waals surface area contributed by atoms with Crippen LogP contribution in [0.3, 0.4) is 0 Å². The minimum absolute atomic E-state index is 0.173. The number of benzene rings is 2. The van der Waals surface area contributed by atoms with E-state index in [1.54, 1.807) is 18.2 Å². The summed E-state index contributed by atoms with van der Waals surface area (Å²) in [6.07, 6.45) is 4.50. The number of aryl methyl sites for hydroxylation is 1. The van der Waals surface area contributed by atoms with Crippen molar-refractivity contribution in [1.82, 2.24) is 14.5 Å². The van der Waals surface area contributed by atoms with Crippen LogP contribution in [0.1, 0.15) is 44.1 Å². The van der Waals surface area contributed by atoms with Gasteiger partial charge >= 0.3 is 11.9 Å². The number of fused-ring (bicyclic) bond motifs is 2. The third-order valence-corrected chi connectivity index (χ3v) is 8.44. The van der Waals surface area contributed by atoms with Gasteiger partial charge in [-0.15, -0.1) is 0 Å². The largest absolute Gasteiger partial charge is 0.481 e. The normalized spacial score (nSPS) is 21.7. The van der Waals surface area contributed by atoms with Gasteiger partial charge in [-0.1, -0.05) is 17.7 Å². The minimum Gasteiger partial charge on any atom is -0.481 e. The molecule has 1 atom stereocenters. The Labute approximate surface area is 235 Å². The van der Waals surface area contributed by atoms with Crippen molar-refractivity contribution in [2.75, 3.05) is 13.1 Å². The number of carbonyl (C=O) groups excluding carboxylic acids is 1. The number of rotatable bonds is 8. The van der Waals surface area contributed by atoms with Crippen molar-refractivity contribution in [3.8, 4) is 11.5 Å². The van der Waals surface area contributed by atoms with Gasteiger partial charge in [0.2, 0.25) is 11.7 Å². The molecular formula is C30H31ClFN3O5. The molecule has 2 aromatic carbocycles. The lowest BCUT2D eigenvalue weighted by atomic mass is 9.87. The summed E-state index contributed by atoms with van der Waals surface area (Å²) in [5.74, 6) is -4.07. The number of Topliss-reactive ketones (excluding diaryl/α,β-unsaturated/α-hetero) is 1. The van der Waals surface area contributed by atoms with Gasteiger partial charge in [-0.25, -0.2) is 9.88 Å². The highest BCUT2D eigenvalue weighted by atomic mass is 35.5. The Hall–Kier alpha value is -3.27. The average molecular weight is 568 g/mol. The number of aliphatic carboxylic acids is 1. The maximum atomic E-state index is 16.5. The van der Waals surface area contributed by atoms with Crippen molar-refractivity contribution in [2.24, 2.45) is 13.0 Å². The topological polar surface area (TPSA) is 97.8 Å². The third kappa shape index (κ3) is 5.02. The quantitative estimate of drug-likeness (QED) is 0.256. The van der Waals surface area contributed by atoms with Crippen LogP contribution in [0.2, 0.25) is 5.02 Å². The summed E-state index contributed by atoms with van der Waals surface area (Å²) in [4.78, 5) is 31.0. The Morgan fingerprint density at radius 3 is 2.62 bits per heavy atom. The fraction of sp³-hybridized carbons (Fsp3) is 0.433. The predicted molar refractivity (Wildman–Crippen MR) is 149 cm³/mol. The maximum absolute atomic E-state index is 16.5. The lowest BCUT2D eigenvalue weighted by Crippen LogP contribution is -2.54. The number of oxazole rings is 1. The Kier molecular flexibility index (Phi) is 7.14. The number of aromatic nitrogens is 2. The van der Waals surface area contributed by atoms with E-state index < -0.39 is 29.8 Å². The van der Waals surface area contributed by atoms with Crippen LogP contribution in [0, 0.1) is 5.92 Å². The molecule has 2 aliphatic rings. The molecule has 1 saturated heterocycles. The first-order valence-corrected chi connectivity index (χ1v) is 14.1. The first-order chi connectivity index (χ1) is 19.2. The highest BCUT2D eigenvalue weighted by molar-refractivity contribution is 6.31. The standard InChI is InChI=1S/C30H31ClFN3O5/c1-34-17-23(22-16-20(31)7-11-25(22)34)28-33-24-10-4-18(14-26(24)39-28)15-27(36)30(32,35-12-2-3-13-35)40-21-8-5-19(6-9-21)29(37)38/h4,7,10-11,14,16-17,19,21H,2-3,5-6,8-9,12-13,15H2,1H3,(H,37,38). The molecule has 0 radical (unpaired) electrons. The van der Waals surface area contributed by atoms with Gasteiger partial charge in [0, 0.05) is 48.7 Å². The zero-order valence-corrected chi connectivity index (χ0v) is 23.0. The molecule has 1 aliphatic heterocycles. The number of carboxylic acid groups (broad SMARTS) is 1. The third-order valence-electron chi connectivity index (χ3n) is 8.20. The molecule has 0 spiro atoms. The second kappa shape index (κ2) is 10.6. The van der Waals surface area contributed by atoms with Crippen LogP contribution in [-0.4, -0.2) is 56.5 Å². The molecule has 210 valence electrons. The number of alkyl halides is 1. The number of ether oxygens (including phenoxy) is 1. The average Bonchev–Trinajstić information content (AvgIpc) is 3.68. The van der Waals surface area contributed by atoms with Crippen molar-refractivity contribution in [3.05, 3.63) is 53.2 Å². The second-order valence-corrected chi connectivity index (χ2v) is 11.4. The Bertz CT molecular complexity index is 1590. The molecule has 0 amide bonds. The molecule has 2 fully saturated rings. The summed E-state index contributed by atoms with van der Waals surface area (Å²) < 4.78 is 30.5. The number of hydrogen-bond acceptors (Lipinski definition) is 6. The fourth-order valence-electron chi connectivity index (χ4n) is 5.99. The van der Waals surface area contributed by atoms with Crippen molar-refractivity contribution in [1.29, 1.82) is 0 Å². The molecule has 1 aliphatic carbocycles. The SMILES string of the molecule is Cn1cc(-c2nc3ccc(CC(=O)C(F)(OC4CCC(C(=O)O)CC4)N4CCCC4)cc3o2)c2cc(Cl)ccc21. The molecule has 4 aromatic rings. The smallest absolute Gasteiger partial charge is 0.330 e. The molecular weight excluding hydrogens is 537 g/mol. The summed E-state index contributed by atoms with van der Waals surface area (Å²) in [5.41, 5.74) is 3.52. The van der Waals surface area contributed by atoms with Gasteiger partial charge in [-0.2, -0.15) is 4.39 Å². The molecule has 1 unspecified atom stereocenters. The number of likely N-dealkylation sites (tertiary alicyclic amines) is 1. The van der Waals surface area contributed by atoms with Crippen LogP contribution in [0.4, 0.5) is 4.39 Å². The van der Waals surface area contributed by atoms with E-state index in [4.69, 9.17) is 20.8 Å². The van der Waals surface area contributed by atoms with Gasteiger partial charge in [0.05, 0.1) is 17.6 Å².